The van der Waals surface area contributed by atoms with Gasteiger partial charge in [-0.2, -0.15) is 18.3 Å². The Morgan fingerprint density at radius 3 is 2.16 bits per heavy atom. The van der Waals surface area contributed by atoms with Gasteiger partial charge >= 0.3 is 6.18 Å². The molecule has 0 radical (unpaired) electrons. The second-order valence-electron chi connectivity index (χ2n) is 5.15. The molecule has 0 unspecified atom stereocenters. The molecule has 2 aromatic carbocycles. The minimum Gasteiger partial charge on any atom is -0.236 e. The monoisotopic (exact) mass is 402 g/mol. The first-order valence-corrected chi connectivity index (χ1v) is 9.05. The van der Waals surface area contributed by atoms with Gasteiger partial charge in [-0.25, -0.2) is 4.68 Å². The highest BCUT2D eigenvalue weighted by molar-refractivity contribution is 7.98. The van der Waals surface area contributed by atoms with Gasteiger partial charge in [-0.3, -0.25) is 0 Å². The summed E-state index contributed by atoms with van der Waals surface area (Å²) >= 11 is 13.6. The molecule has 25 heavy (non-hydrogen) atoms. The molecule has 0 aliphatic rings. The zero-order chi connectivity index (χ0) is 18.2. The van der Waals surface area contributed by atoms with Crippen LogP contribution in [0.3, 0.4) is 0 Å². The summed E-state index contributed by atoms with van der Waals surface area (Å²) in [5.41, 5.74) is 1.11. The van der Waals surface area contributed by atoms with E-state index < -0.39 is 11.7 Å². The van der Waals surface area contributed by atoms with Crippen LogP contribution in [0.1, 0.15) is 5.56 Å². The van der Waals surface area contributed by atoms with E-state index in [0.717, 1.165) is 28.3 Å². The quantitative estimate of drug-likeness (QED) is 0.460. The van der Waals surface area contributed by atoms with E-state index in [0.29, 0.717) is 0 Å². The Balaban J connectivity index is 2.14. The number of alkyl halides is 3. The maximum atomic E-state index is 12.9. The molecule has 0 aliphatic heterocycles. The average Bonchev–Trinajstić information content (AvgIpc) is 2.98. The summed E-state index contributed by atoms with van der Waals surface area (Å²) in [5, 5.41) is 4.91. The molecule has 1 heterocycles. The second kappa shape index (κ2) is 6.94. The lowest BCUT2D eigenvalue weighted by Gasteiger charge is -2.12. The first-order chi connectivity index (χ1) is 11.8. The van der Waals surface area contributed by atoms with Crippen molar-refractivity contribution in [3.05, 3.63) is 64.3 Å². The third kappa shape index (κ3) is 3.66. The van der Waals surface area contributed by atoms with E-state index in [-0.39, 0.29) is 15.7 Å². The van der Waals surface area contributed by atoms with Crippen LogP contribution in [0.5, 0.6) is 0 Å². The molecule has 8 heteroatoms. The van der Waals surface area contributed by atoms with Crippen LogP contribution < -0.4 is 0 Å². The normalized spacial score (nSPS) is 11.8. The maximum absolute atomic E-state index is 12.9. The van der Waals surface area contributed by atoms with Gasteiger partial charge in [0.15, 0.2) is 0 Å². The fourth-order valence-electron chi connectivity index (χ4n) is 2.39. The van der Waals surface area contributed by atoms with Crippen molar-refractivity contribution in [3.8, 4) is 16.8 Å². The third-order valence-electron chi connectivity index (χ3n) is 3.53. The summed E-state index contributed by atoms with van der Waals surface area (Å²) in [6, 6.07) is 11.3. The van der Waals surface area contributed by atoms with Crippen LogP contribution in [0.2, 0.25) is 10.0 Å². The second-order valence-corrected chi connectivity index (χ2v) is 6.76. The van der Waals surface area contributed by atoms with Gasteiger partial charge in [0.2, 0.25) is 0 Å². The smallest absolute Gasteiger partial charge is 0.236 e. The number of halogens is 5. The Kier molecular flexibility index (Phi) is 5.04. The number of hydrogen-bond donors (Lipinski definition) is 0. The lowest BCUT2D eigenvalue weighted by atomic mass is 10.1. The molecule has 130 valence electrons. The van der Waals surface area contributed by atoms with Gasteiger partial charge in [-0.15, -0.1) is 11.8 Å². The van der Waals surface area contributed by atoms with Crippen LogP contribution in [-0.2, 0) is 6.18 Å². The van der Waals surface area contributed by atoms with Crippen LogP contribution in [0, 0.1) is 0 Å². The van der Waals surface area contributed by atoms with Crippen molar-refractivity contribution in [2.75, 3.05) is 6.26 Å². The van der Waals surface area contributed by atoms with Crippen molar-refractivity contribution in [2.24, 2.45) is 0 Å². The zero-order valence-corrected chi connectivity index (χ0v) is 15.1. The molecule has 3 rings (SSSR count). The van der Waals surface area contributed by atoms with Crippen LogP contribution >= 0.6 is 35.0 Å². The Hall–Kier alpha value is -1.63. The largest absolute Gasteiger partial charge is 0.416 e. The van der Waals surface area contributed by atoms with Gasteiger partial charge in [-0.1, -0.05) is 53.5 Å². The highest BCUT2D eigenvalue weighted by Gasteiger charge is 2.32. The van der Waals surface area contributed by atoms with Gasteiger partial charge in [0, 0.05) is 11.8 Å². The third-order valence-corrected chi connectivity index (χ3v) is 4.80. The topological polar surface area (TPSA) is 17.8 Å². The molecule has 2 nitrogen and oxygen atoms in total. The number of thioether (sulfide) groups is 1. The van der Waals surface area contributed by atoms with Crippen molar-refractivity contribution in [1.29, 1.82) is 0 Å². The summed E-state index contributed by atoms with van der Waals surface area (Å²) < 4.78 is 40.1. The average molecular weight is 403 g/mol. The van der Waals surface area contributed by atoms with Crippen molar-refractivity contribution < 1.29 is 13.2 Å². The number of aromatic nitrogens is 2. The fourth-order valence-corrected chi connectivity index (χ4v) is 3.61. The van der Waals surface area contributed by atoms with E-state index >= 15 is 0 Å². The van der Waals surface area contributed by atoms with Crippen LogP contribution in [0.25, 0.3) is 16.8 Å². The molecular weight excluding hydrogens is 392 g/mol. The Morgan fingerprint density at radius 1 is 1.04 bits per heavy atom. The minimum atomic E-state index is -4.52. The fraction of sp³-hybridized carbons (Fsp3) is 0.118. The maximum Gasteiger partial charge on any atom is 0.416 e. The van der Waals surface area contributed by atoms with Crippen molar-refractivity contribution in [3.63, 3.8) is 0 Å². The summed E-state index contributed by atoms with van der Waals surface area (Å²) in [4.78, 5) is 0. The predicted molar refractivity (Wildman–Crippen MR) is 95.8 cm³/mol. The highest BCUT2D eigenvalue weighted by Crippen LogP contribution is 2.39. The molecule has 0 spiro atoms. The zero-order valence-electron chi connectivity index (χ0n) is 12.8. The molecule has 1 aromatic heterocycles. The molecule has 0 saturated carbocycles. The SMILES string of the molecule is CSc1nn(-c2c(Cl)cc(C(F)(F)F)cc2Cl)cc1-c1ccccc1. The summed E-state index contributed by atoms with van der Waals surface area (Å²) in [7, 11) is 0. The Morgan fingerprint density at radius 2 is 1.64 bits per heavy atom. The van der Waals surface area contributed by atoms with E-state index in [4.69, 9.17) is 23.2 Å². The summed E-state index contributed by atoms with van der Waals surface area (Å²) in [5.74, 6) is 0. The predicted octanol–water partition coefficient (Wildman–Crippen LogP) is 6.59. The number of hydrogen-bond acceptors (Lipinski definition) is 2. The molecule has 0 atom stereocenters. The van der Waals surface area contributed by atoms with E-state index in [1.807, 2.05) is 36.6 Å². The van der Waals surface area contributed by atoms with Gasteiger partial charge in [0.05, 0.1) is 15.6 Å². The number of benzene rings is 2. The number of nitrogens with zero attached hydrogens (tertiary/aromatic N) is 2. The first-order valence-electron chi connectivity index (χ1n) is 7.07. The van der Waals surface area contributed by atoms with Crippen molar-refractivity contribution in [1.82, 2.24) is 9.78 Å². The first kappa shape index (κ1) is 18.2. The van der Waals surface area contributed by atoms with Crippen LogP contribution in [-0.4, -0.2) is 16.0 Å². The molecular formula is C17H11Cl2F3N2S. The minimum absolute atomic E-state index is 0.116. The molecule has 3 aromatic rings. The Labute approximate surface area is 156 Å². The van der Waals surface area contributed by atoms with Crippen molar-refractivity contribution in [2.45, 2.75) is 11.2 Å². The molecule has 0 amide bonds. The van der Waals surface area contributed by atoms with Crippen LogP contribution in [0.15, 0.2) is 53.7 Å². The van der Waals surface area contributed by atoms with E-state index in [9.17, 15) is 13.2 Å². The lowest BCUT2D eigenvalue weighted by Crippen LogP contribution is -2.07. The summed E-state index contributed by atoms with van der Waals surface area (Å²) in [6.45, 7) is 0. The van der Waals surface area contributed by atoms with Gasteiger partial charge < -0.3 is 0 Å². The van der Waals surface area contributed by atoms with Gasteiger partial charge in [0.1, 0.15) is 10.7 Å². The van der Waals surface area contributed by atoms with Gasteiger partial charge in [-0.05, 0) is 24.0 Å². The van der Waals surface area contributed by atoms with E-state index in [1.54, 1.807) is 6.20 Å². The highest BCUT2D eigenvalue weighted by atomic mass is 35.5. The molecule has 0 bridgehead atoms. The lowest BCUT2D eigenvalue weighted by molar-refractivity contribution is -0.137. The number of rotatable bonds is 3. The van der Waals surface area contributed by atoms with Gasteiger partial charge in [0.25, 0.3) is 0 Å². The van der Waals surface area contributed by atoms with E-state index in [2.05, 4.69) is 5.10 Å². The van der Waals surface area contributed by atoms with Crippen LogP contribution in [0.4, 0.5) is 13.2 Å². The van der Waals surface area contributed by atoms with E-state index in [1.165, 1.54) is 16.4 Å². The Bertz CT molecular complexity index is 885. The van der Waals surface area contributed by atoms with Crippen molar-refractivity contribution >= 4 is 35.0 Å². The molecule has 0 N–H and O–H groups in total. The molecule has 0 fully saturated rings. The summed E-state index contributed by atoms with van der Waals surface area (Å²) in [6.07, 6.45) is -0.938. The molecule has 0 saturated heterocycles. The standard InChI is InChI=1S/C17H11Cl2F3N2S/c1-25-16-12(10-5-3-2-4-6-10)9-24(23-16)15-13(18)7-11(8-14(15)19)17(20,21)22/h2-9H,1H3. The molecule has 0 aliphatic carbocycles.